The van der Waals surface area contributed by atoms with Crippen LogP contribution in [-0.4, -0.2) is 20.0 Å². The van der Waals surface area contributed by atoms with Crippen LogP contribution >= 0.6 is 0 Å². The van der Waals surface area contributed by atoms with Gasteiger partial charge in [0.1, 0.15) is 5.52 Å². The Morgan fingerprint density at radius 1 is 0.958 bits per heavy atom. The molecular weight excluding hydrogens is 296 g/mol. The molecule has 3 rings (SSSR count). The van der Waals surface area contributed by atoms with Gasteiger partial charge in [0.05, 0.1) is 11.1 Å². The maximum atomic E-state index is 4.59. The number of para-hydroxylation sites is 1. The van der Waals surface area contributed by atoms with E-state index in [0.717, 1.165) is 36.7 Å². The second-order valence-corrected chi connectivity index (χ2v) is 6.47. The smallest absolute Gasteiger partial charge is 0.113 e. The molecule has 0 saturated heterocycles. The van der Waals surface area contributed by atoms with Crippen LogP contribution in [0.25, 0.3) is 11.0 Å². The third kappa shape index (κ3) is 3.05. The van der Waals surface area contributed by atoms with E-state index in [1.54, 1.807) is 0 Å². The van der Waals surface area contributed by atoms with Crippen LogP contribution in [-0.2, 0) is 5.54 Å². The molecule has 1 aromatic carbocycles. The standard InChI is InChI=1S/C20H26N4/c1-3-5-13-20(14-6-4-2,17-10-9-15-21-16-17)24-19-12-8-7-11-18(19)22-23-24/h7-12,15-16H,3-6,13-14H2,1-2H3. The van der Waals surface area contributed by atoms with E-state index in [4.69, 9.17) is 0 Å². The number of pyridine rings is 1. The SMILES string of the molecule is CCCCC(CCCC)(c1cccnc1)n1nnc2ccccc21. The monoisotopic (exact) mass is 322 g/mol. The van der Waals surface area contributed by atoms with E-state index in [-0.39, 0.29) is 5.54 Å². The van der Waals surface area contributed by atoms with E-state index in [1.165, 1.54) is 18.4 Å². The summed E-state index contributed by atoms with van der Waals surface area (Å²) in [5.74, 6) is 0. The Labute approximate surface area is 143 Å². The number of nitrogens with zero attached hydrogens (tertiary/aromatic N) is 4. The van der Waals surface area contributed by atoms with E-state index in [9.17, 15) is 0 Å². The van der Waals surface area contributed by atoms with Crippen molar-refractivity contribution in [2.24, 2.45) is 0 Å². The Balaban J connectivity index is 2.18. The zero-order valence-electron chi connectivity index (χ0n) is 14.7. The van der Waals surface area contributed by atoms with Crippen LogP contribution in [0.3, 0.4) is 0 Å². The predicted molar refractivity (Wildman–Crippen MR) is 97.9 cm³/mol. The van der Waals surface area contributed by atoms with E-state index in [2.05, 4.69) is 52.0 Å². The average molecular weight is 322 g/mol. The number of aromatic nitrogens is 4. The molecule has 126 valence electrons. The highest BCUT2D eigenvalue weighted by Gasteiger charge is 2.35. The first kappa shape index (κ1) is 16.6. The summed E-state index contributed by atoms with van der Waals surface area (Å²) in [7, 11) is 0. The lowest BCUT2D eigenvalue weighted by atomic mass is 9.81. The van der Waals surface area contributed by atoms with Gasteiger partial charge in [-0.15, -0.1) is 5.10 Å². The van der Waals surface area contributed by atoms with E-state index in [1.807, 2.05) is 30.6 Å². The van der Waals surface area contributed by atoms with Gasteiger partial charge in [-0.25, -0.2) is 4.68 Å². The summed E-state index contributed by atoms with van der Waals surface area (Å²) >= 11 is 0. The molecule has 0 N–H and O–H groups in total. The van der Waals surface area contributed by atoms with Crippen molar-refractivity contribution in [1.82, 2.24) is 20.0 Å². The second-order valence-electron chi connectivity index (χ2n) is 6.47. The molecule has 0 amide bonds. The molecule has 0 atom stereocenters. The summed E-state index contributed by atoms with van der Waals surface area (Å²) in [6.07, 6.45) is 10.6. The average Bonchev–Trinajstić information content (AvgIpc) is 3.08. The molecule has 0 spiro atoms. The van der Waals surface area contributed by atoms with Gasteiger partial charge in [-0.2, -0.15) is 0 Å². The van der Waals surface area contributed by atoms with Crippen LogP contribution in [0.4, 0.5) is 0 Å². The molecule has 0 aliphatic heterocycles. The number of unbranched alkanes of at least 4 members (excludes halogenated alkanes) is 2. The fourth-order valence-corrected chi connectivity index (χ4v) is 3.51. The summed E-state index contributed by atoms with van der Waals surface area (Å²) in [5.41, 5.74) is 3.13. The Morgan fingerprint density at radius 2 is 1.71 bits per heavy atom. The van der Waals surface area contributed by atoms with Crippen molar-refractivity contribution >= 4 is 11.0 Å². The third-order valence-corrected chi connectivity index (χ3v) is 4.84. The lowest BCUT2D eigenvalue weighted by Crippen LogP contribution is -2.36. The summed E-state index contributed by atoms with van der Waals surface area (Å²) in [4.78, 5) is 4.40. The largest absolute Gasteiger partial charge is 0.264 e. The van der Waals surface area contributed by atoms with E-state index >= 15 is 0 Å². The van der Waals surface area contributed by atoms with Gasteiger partial charge in [0.2, 0.25) is 0 Å². The van der Waals surface area contributed by atoms with Crippen LogP contribution in [0.5, 0.6) is 0 Å². The number of hydrogen-bond acceptors (Lipinski definition) is 3. The van der Waals surface area contributed by atoms with Crippen molar-refractivity contribution in [3.8, 4) is 0 Å². The molecule has 0 fully saturated rings. The minimum absolute atomic E-state index is 0.170. The first-order valence-electron chi connectivity index (χ1n) is 9.03. The Morgan fingerprint density at radius 3 is 2.38 bits per heavy atom. The first-order chi connectivity index (χ1) is 11.8. The molecule has 3 aromatic rings. The maximum absolute atomic E-state index is 4.59. The molecule has 0 bridgehead atoms. The molecule has 0 radical (unpaired) electrons. The molecule has 2 heterocycles. The quantitative estimate of drug-likeness (QED) is 0.589. The molecular formula is C20H26N4. The summed E-state index contributed by atoms with van der Waals surface area (Å²) in [5, 5.41) is 9.01. The Hall–Kier alpha value is -2.23. The van der Waals surface area contributed by atoms with Crippen LogP contribution in [0.2, 0.25) is 0 Å². The molecule has 24 heavy (non-hydrogen) atoms. The maximum Gasteiger partial charge on any atom is 0.113 e. The van der Waals surface area contributed by atoms with E-state index < -0.39 is 0 Å². The first-order valence-corrected chi connectivity index (χ1v) is 9.03. The fraction of sp³-hybridized carbons (Fsp3) is 0.450. The minimum atomic E-state index is -0.170. The highest BCUT2D eigenvalue weighted by molar-refractivity contribution is 5.74. The molecule has 4 heteroatoms. The van der Waals surface area contributed by atoms with Gasteiger partial charge in [-0.3, -0.25) is 4.98 Å². The fourth-order valence-electron chi connectivity index (χ4n) is 3.51. The van der Waals surface area contributed by atoms with Gasteiger partial charge in [-0.05, 0) is 36.6 Å². The van der Waals surface area contributed by atoms with Gasteiger partial charge in [0.15, 0.2) is 0 Å². The highest BCUT2D eigenvalue weighted by Crippen LogP contribution is 2.38. The number of rotatable bonds is 8. The van der Waals surface area contributed by atoms with E-state index in [0.29, 0.717) is 0 Å². The predicted octanol–water partition coefficient (Wildman–Crippen LogP) is 4.95. The van der Waals surface area contributed by atoms with Gasteiger partial charge >= 0.3 is 0 Å². The van der Waals surface area contributed by atoms with Crippen molar-refractivity contribution < 1.29 is 0 Å². The normalized spacial score (nSPS) is 11.9. The number of fused-ring (bicyclic) bond motifs is 1. The lowest BCUT2D eigenvalue weighted by Gasteiger charge is -2.35. The van der Waals surface area contributed by atoms with Crippen LogP contribution < -0.4 is 0 Å². The molecule has 2 aromatic heterocycles. The molecule has 0 unspecified atom stereocenters. The second kappa shape index (κ2) is 7.56. The van der Waals surface area contributed by atoms with Crippen LogP contribution in [0.15, 0.2) is 48.8 Å². The van der Waals surface area contributed by atoms with Crippen molar-refractivity contribution in [2.75, 3.05) is 0 Å². The van der Waals surface area contributed by atoms with Crippen LogP contribution in [0, 0.1) is 0 Å². The third-order valence-electron chi connectivity index (χ3n) is 4.84. The topological polar surface area (TPSA) is 43.6 Å². The van der Waals surface area contributed by atoms with Crippen molar-refractivity contribution in [2.45, 2.75) is 57.9 Å². The van der Waals surface area contributed by atoms with Gasteiger partial charge in [0, 0.05) is 12.4 Å². The highest BCUT2D eigenvalue weighted by atomic mass is 15.5. The minimum Gasteiger partial charge on any atom is -0.264 e. The summed E-state index contributed by atoms with van der Waals surface area (Å²) < 4.78 is 2.16. The molecule has 4 nitrogen and oxygen atoms in total. The van der Waals surface area contributed by atoms with Crippen molar-refractivity contribution in [3.63, 3.8) is 0 Å². The summed E-state index contributed by atoms with van der Waals surface area (Å²) in [6.45, 7) is 4.49. The lowest BCUT2D eigenvalue weighted by molar-refractivity contribution is 0.262. The van der Waals surface area contributed by atoms with Crippen molar-refractivity contribution in [3.05, 3.63) is 54.4 Å². The van der Waals surface area contributed by atoms with Gasteiger partial charge < -0.3 is 0 Å². The molecule has 0 aliphatic rings. The molecule has 0 saturated carbocycles. The van der Waals surface area contributed by atoms with Crippen LogP contribution in [0.1, 0.15) is 57.9 Å². The molecule has 0 aliphatic carbocycles. The number of hydrogen-bond donors (Lipinski definition) is 0. The Bertz CT molecular complexity index is 755. The van der Waals surface area contributed by atoms with Crippen molar-refractivity contribution in [1.29, 1.82) is 0 Å². The summed E-state index contributed by atoms with van der Waals surface area (Å²) in [6, 6.07) is 12.5. The zero-order chi connectivity index (χ0) is 16.8. The number of benzene rings is 1. The van der Waals surface area contributed by atoms with Gasteiger partial charge in [-0.1, -0.05) is 62.9 Å². The zero-order valence-corrected chi connectivity index (χ0v) is 14.7. The van der Waals surface area contributed by atoms with Gasteiger partial charge in [0.25, 0.3) is 0 Å². The Kier molecular flexibility index (Phi) is 5.24.